The fourth-order valence-electron chi connectivity index (χ4n) is 1.95. The molecule has 0 aromatic heterocycles. The third-order valence-electron chi connectivity index (χ3n) is 3.46. The van der Waals surface area contributed by atoms with Crippen molar-refractivity contribution in [1.82, 2.24) is 10.6 Å². The Kier molecular flexibility index (Phi) is 9.05. The lowest BCUT2D eigenvalue weighted by atomic mass is 10.1. The number of carboxylic acids is 2. The van der Waals surface area contributed by atoms with Crippen LogP contribution in [-0.4, -0.2) is 58.3 Å². The summed E-state index contributed by atoms with van der Waals surface area (Å²) >= 11 is 0.938. The van der Waals surface area contributed by atoms with Crippen molar-refractivity contribution in [2.75, 3.05) is 12.3 Å². The van der Waals surface area contributed by atoms with Crippen molar-refractivity contribution < 1.29 is 45.3 Å². The Bertz CT molecular complexity index is 743. The van der Waals surface area contributed by atoms with E-state index in [1.54, 1.807) is 0 Å². The third kappa shape index (κ3) is 8.14. The fourth-order valence-corrected chi connectivity index (χ4v) is 2.95. The highest BCUT2D eigenvalue weighted by Gasteiger charge is 2.22. The van der Waals surface area contributed by atoms with Crippen LogP contribution in [0.2, 0.25) is 0 Å². The molecule has 0 bridgehead atoms. The number of nitrogens with one attached hydrogen (secondary N) is 2. The van der Waals surface area contributed by atoms with E-state index in [1.807, 2.05) is 0 Å². The maximum Gasteiger partial charge on any atom is 0.243 e. The number of thioether (sulfide) groups is 1. The van der Waals surface area contributed by atoms with Crippen LogP contribution in [0.5, 0.6) is 11.5 Å². The summed E-state index contributed by atoms with van der Waals surface area (Å²) in [6.07, 6.45) is -0.351. The normalized spacial score (nSPS) is 12.6. The van der Waals surface area contributed by atoms with E-state index < -0.39 is 42.4 Å². The zero-order valence-corrected chi connectivity index (χ0v) is 15.5. The summed E-state index contributed by atoms with van der Waals surface area (Å²) in [5.74, 6) is -4.77. The van der Waals surface area contributed by atoms with Gasteiger partial charge in [0, 0.05) is 18.6 Å². The molecule has 7 N–H and O–H groups in total. The first-order valence-electron chi connectivity index (χ1n) is 8.05. The minimum absolute atomic E-state index is 0.101. The first kappa shape index (κ1) is 23.0. The van der Waals surface area contributed by atoms with Crippen LogP contribution in [0.3, 0.4) is 0 Å². The number of rotatable bonds is 11. The van der Waals surface area contributed by atoms with Gasteiger partial charge in [0.1, 0.15) is 23.6 Å². The Morgan fingerprint density at radius 3 is 2.46 bits per heavy atom. The maximum atomic E-state index is 12.1. The number of phenolic OH excluding ortho intramolecular Hbond substituents is 2. The van der Waals surface area contributed by atoms with E-state index in [4.69, 9.17) is 0 Å². The van der Waals surface area contributed by atoms with Crippen molar-refractivity contribution in [3.05, 3.63) is 18.2 Å². The second kappa shape index (κ2) is 11.0. The number of aromatic hydroxyl groups is 2. The summed E-state index contributed by atoms with van der Waals surface area (Å²) in [4.78, 5) is 45.5. The summed E-state index contributed by atoms with van der Waals surface area (Å²) < 4.78 is 0. The molecule has 2 amide bonds. The van der Waals surface area contributed by atoms with E-state index >= 15 is 0 Å². The Balaban J connectivity index is 2.76. The van der Waals surface area contributed by atoms with Gasteiger partial charge in [-0.25, -0.2) is 0 Å². The number of hydrogen-bond donors (Lipinski definition) is 5. The zero-order valence-electron chi connectivity index (χ0n) is 14.7. The van der Waals surface area contributed by atoms with Crippen LogP contribution in [-0.2, 0) is 19.2 Å². The second-order valence-corrected chi connectivity index (χ2v) is 6.79. The number of aliphatic carboxylic acids is 2. The third-order valence-corrected chi connectivity index (χ3v) is 4.60. The molecule has 0 spiro atoms. The predicted octanol–water partition coefficient (Wildman–Crippen LogP) is -4.32. The van der Waals surface area contributed by atoms with E-state index in [-0.39, 0.29) is 35.0 Å². The Hall–Kier alpha value is -2.99. The number of phenols is 2. The molecule has 11 nitrogen and oxygen atoms in total. The van der Waals surface area contributed by atoms with Gasteiger partial charge in [-0.3, -0.25) is 9.59 Å². The lowest BCUT2D eigenvalue weighted by Crippen LogP contribution is -2.68. The SMILES string of the molecule is [NH3+][C@@H](CCC(=O)N[C@@H](CSc1cc(O)ccc1O)C(=O)NCC(=O)[O-])C(=O)[O-]. The average molecular weight is 414 g/mol. The highest BCUT2D eigenvalue weighted by atomic mass is 32.2. The molecule has 12 heteroatoms. The van der Waals surface area contributed by atoms with E-state index in [1.165, 1.54) is 18.2 Å². The summed E-state index contributed by atoms with van der Waals surface area (Å²) in [5.41, 5.74) is 3.32. The highest BCUT2D eigenvalue weighted by Crippen LogP contribution is 2.31. The van der Waals surface area contributed by atoms with E-state index in [0.717, 1.165) is 11.8 Å². The molecule has 0 radical (unpaired) electrons. The molecule has 0 aliphatic rings. The molecule has 0 aliphatic carbocycles. The summed E-state index contributed by atoms with van der Waals surface area (Å²) in [6.45, 7) is -0.765. The van der Waals surface area contributed by atoms with Crippen molar-refractivity contribution >= 4 is 35.5 Å². The zero-order chi connectivity index (χ0) is 21.3. The summed E-state index contributed by atoms with van der Waals surface area (Å²) in [5, 5.41) is 44.8. The van der Waals surface area contributed by atoms with Gasteiger partial charge >= 0.3 is 0 Å². The van der Waals surface area contributed by atoms with Crippen LogP contribution in [0.15, 0.2) is 23.1 Å². The largest absolute Gasteiger partial charge is 0.548 e. The predicted molar refractivity (Wildman–Crippen MR) is 91.4 cm³/mol. The van der Waals surface area contributed by atoms with Crippen LogP contribution in [0, 0.1) is 0 Å². The van der Waals surface area contributed by atoms with Gasteiger partial charge in [0.25, 0.3) is 0 Å². The molecule has 154 valence electrons. The first-order chi connectivity index (χ1) is 13.1. The molecule has 1 aromatic rings. The molecular weight excluding hydrogens is 394 g/mol. The number of carbonyl (C=O) groups excluding carboxylic acids is 4. The van der Waals surface area contributed by atoms with Crippen molar-refractivity contribution in [1.29, 1.82) is 0 Å². The van der Waals surface area contributed by atoms with Gasteiger partial charge in [0.15, 0.2) is 0 Å². The number of hydrogen-bond acceptors (Lipinski definition) is 9. The smallest absolute Gasteiger partial charge is 0.243 e. The Morgan fingerprint density at radius 2 is 1.86 bits per heavy atom. The molecule has 0 unspecified atom stereocenters. The topological polar surface area (TPSA) is 207 Å². The lowest BCUT2D eigenvalue weighted by Gasteiger charge is -2.19. The minimum Gasteiger partial charge on any atom is -0.548 e. The molecule has 0 heterocycles. The molecule has 1 rings (SSSR count). The lowest BCUT2D eigenvalue weighted by molar-refractivity contribution is -0.438. The van der Waals surface area contributed by atoms with Gasteiger partial charge in [-0.2, -0.15) is 0 Å². The van der Waals surface area contributed by atoms with Crippen LogP contribution in [0.1, 0.15) is 12.8 Å². The first-order valence-corrected chi connectivity index (χ1v) is 9.04. The fraction of sp³-hybridized carbons (Fsp3) is 0.375. The van der Waals surface area contributed by atoms with Gasteiger partial charge < -0.3 is 46.4 Å². The van der Waals surface area contributed by atoms with Crippen LogP contribution in [0.4, 0.5) is 0 Å². The van der Waals surface area contributed by atoms with E-state index in [0.29, 0.717) is 0 Å². The van der Waals surface area contributed by atoms with Gasteiger partial charge in [0.2, 0.25) is 11.8 Å². The number of quaternary nitrogens is 1. The van der Waals surface area contributed by atoms with Crippen molar-refractivity contribution in [2.45, 2.75) is 29.8 Å². The quantitative estimate of drug-likeness (QED) is 0.175. The number of carbonyl (C=O) groups is 4. The monoisotopic (exact) mass is 414 g/mol. The van der Waals surface area contributed by atoms with E-state index in [2.05, 4.69) is 16.4 Å². The van der Waals surface area contributed by atoms with Gasteiger partial charge in [-0.05, 0) is 18.2 Å². The van der Waals surface area contributed by atoms with Crippen LogP contribution < -0.4 is 26.6 Å². The maximum absolute atomic E-state index is 12.1. The van der Waals surface area contributed by atoms with Crippen LogP contribution in [0.25, 0.3) is 0 Å². The Labute approximate surface area is 163 Å². The molecular formula is C16H20N3O8S-. The van der Waals surface area contributed by atoms with Crippen molar-refractivity contribution in [3.63, 3.8) is 0 Å². The number of carboxylic acid groups (broad SMARTS) is 2. The standard InChI is InChI=1S/C16H21N3O8S/c17-9(16(26)27)2-4-13(22)19-10(15(25)18-6-14(23)24)7-28-12-5-8(20)1-3-11(12)21/h1,3,5,9-10,20-21H,2,4,6-7,17H2,(H,18,25)(H,19,22)(H,23,24)(H,26,27)/p-1/t9-,10-/m0/s1. The summed E-state index contributed by atoms with van der Waals surface area (Å²) in [6, 6.07) is 1.47. The molecule has 0 saturated carbocycles. The van der Waals surface area contributed by atoms with Gasteiger partial charge in [0.05, 0.1) is 23.4 Å². The molecule has 28 heavy (non-hydrogen) atoms. The van der Waals surface area contributed by atoms with E-state index in [9.17, 15) is 39.6 Å². The molecule has 2 atom stereocenters. The number of benzene rings is 1. The minimum atomic E-state index is -1.52. The molecule has 0 fully saturated rings. The van der Waals surface area contributed by atoms with Crippen LogP contribution >= 0.6 is 11.8 Å². The summed E-state index contributed by atoms with van der Waals surface area (Å²) in [7, 11) is 0. The van der Waals surface area contributed by atoms with Crippen molar-refractivity contribution in [3.8, 4) is 11.5 Å². The van der Waals surface area contributed by atoms with Gasteiger partial charge in [-0.1, -0.05) is 0 Å². The molecule has 0 saturated heterocycles. The Morgan fingerprint density at radius 1 is 1.18 bits per heavy atom. The molecule has 0 aliphatic heterocycles. The molecule has 1 aromatic carbocycles. The second-order valence-electron chi connectivity index (χ2n) is 5.73. The van der Waals surface area contributed by atoms with Crippen molar-refractivity contribution in [2.24, 2.45) is 0 Å². The van der Waals surface area contributed by atoms with Gasteiger partial charge in [-0.15, -0.1) is 11.8 Å². The highest BCUT2D eigenvalue weighted by molar-refractivity contribution is 7.99. The number of amides is 2. The average Bonchev–Trinajstić information content (AvgIpc) is 2.63.